The third kappa shape index (κ3) is 5.95. The largest absolute Gasteiger partial charge is 0.507 e. The van der Waals surface area contributed by atoms with Crippen molar-refractivity contribution in [1.82, 2.24) is 0 Å². The Bertz CT molecular complexity index is 1400. The van der Waals surface area contributed by atoms with Gasteiger partial charge in [-0.15, -0.1) is 0 Å². The van der Waals surface area contributed by atoms with Crippen LogP contribution in [-0.2, 0) is 14.4 Å². The lowest BCUT2D eigenvalue weighted by Crippen LogP contribution is -2.29. The van der Waals surface area contributed by atoms with Crippen molar-refractivity contribution < 1.29 is 29.0 Å². The molecule has 1 unspecified atom stereocenters. The van der Waals surface area contributed by atoms with E-state index in [-0.39, 0.29) is 17.2 Å². The lowest BCUT2D eigenvalue weighted by atomic mass is 9.94. The minimum Gasteiger partial charge on any atom is -0.507 e. The van der Waals surface area contributed by atoms with Crippen molar-refractivity contribution in [2.75, 3.05) is 23.9 Å². The monoisotopic (exact) mass is 528 g/mol. The van der Waals surface area contributed by atoms with Crippen molar-refractivity contribution in [1.29, 1.82) is 0 Å². The molecule has 0 aromatic heterocycles. The van der Waals surface area contributed by atoms with Crippen molar-refractivity contribution in [3.63, 3.8) is 0 Å². The predicted molar refractivity (Wildman–Crippen MR) is 150 cm³/mol. The SMILES string of the molecule is CCCCCOc1ccc(/C(O)=C2\C(=O)C(=O)N(c3cccc(NC(C)=O)c3)C2c2ccccc2OC)cc1. The number of Topliss-reactive ketones (excluding diaryl/α,β-unsaturated/α-hetero) is 1. The summed E-state index contributed by atoms with van der Waals surface area (Å²) in [4.78, 5) is 39.9. The van der Waals surface area contributed by atoms with E-state index in [1.54, 1.807) is 72.8 Å². The van der Waals surface area contributed by atoms with Gasteiger partial charge in [0.25, 0.3) is 11.7 Å². The number of ketones is 1. The number of anilines is 2. The van der Waals surface area contributed by atoms with Gasteiger partial charge in [-0.1, -0.05) is 44.0 Å². The first-order valence-corrected chi connectivity index (χ1v) is 12.9. The molecule has 0 spiro atoms. The highest BCUT2D eigenvalue weighted by atomic mass is 16.5. The normalized spacial score (nSPS) is 16.3. The molecule has 1 aliphatic heterocycles. The number of hydrogen-bond acceptors (Lipinski definition) is 6. The second kappa shape index (κ2) is 12.3. The molecule has 1 saturated heterocycles. The number of para-hydroxylation sites is 1. The summed E-state index contributed by atoms with van der Waals surface area (Å²) in [7, 11) is 1.50. The number of carbonyl (C=O) groups excluding carboxylic acids is 3. The van der Waals surface area contributed by atoms with Crippen LogP contribution in [0.2, 0.25) is 0 Å². The fourth-order valence-electron chi connectivity index (χ4n) is 4.63. The summed E-state index contributed by atoms with van der Waals surface area (Å²) >= 11 is 0. The number of nitrogens with one attached hydrogen (secondary N) is 1. The van der Waals surface area contributed by atoms with Crippen LogP contribution in [0.15, 0.2) is 78.4 Å². The van der Waals surface area contributed by atoms with Crippen LogP contribution in [0.1, 0.15) is 50.3 Å². The Morgan fingerprint density at radius 2 is 1.74 bits per heavy atom. The summed E-state index contributed by atoms with van der Waals surface area (Å²) in [5.41, 5.74) is 1.69. The van der Waals surface area contributed by atoms with E-state index in [0.717, 1.165) is 19.3 Å². The van der Waals surface area contributed by atoms with Crippen molar-refractivity contribution in [3.8, 4) is 11.5 Å². The molecule has 1 fully saturated rings. The molecule has 1 atom stereocenters. The maximum Gasteiger partial charge on any atom is 0.300 e. The van der Waals surface area contributed by atoms with Gasteiger partial charge in [0.2, 0.25) is 5.91 Å². The number of ether oxygens (including phenoxy) is 2. The summed E-state index contributed by atoms with van der Waals surface area (Å²) in [6, 6.07) is 19.5. The molecule has 3 aromatic carbocycles. The molecule has 8 nitrogen and oxygen atoms in total. The van der Waals surface area contributed by atoms with Gasteiger partial charge in [-0.2, -0.15) is 0 Å². The maximum absolute atomic E-state index is 13.5. The molecule has 3 aromatic rings. The maximum atomic E-state index is 13.5. The summed E-state index contributed by atoms with van der Waals surface area (Å²) in [5, 5.41) is 14.1. The van der Waals surface area contributed by atoms with Gasteiger partial charge in [0.05, 0.1) is 25.3 Å². The van der Waals surface area contributed by atoms with E-state index < -0.39 is 17.7 Å². The van der Waals surface area contributed by atoms with Gasteiger partial charge in [-0.3, -0.25) is 19.3 Å². The van der Waals surface area contributed by atoms with Crippen LogP contribution in [0.25, 0.3) is 5.76 Å². The lowest BCUT2D eigenvalue weighted by Gasteiger charge is -2.27. The fraction of sp³-hybridized carbons (Fsp3) is 0.258. The van der Waals surface area contributed by atoms with Crippen molar-refractivity contribution in [2.45, 2.75) is 39.2 Å². The first-order chi connectivity index (χ1) is 18.8. The first kappa shape index (κ1) is 27.4. The lowest BCUT2D eigenvalue weighted by molar-refractivity contribution is -0.132. The van der Waals surface area contributed by atoms with Gasteiger partial charge in [-0.25, -0.2) is 0 Å². The van der Waals surface area contributed by atoms with Crippen molar-refractivity contribution in [3.05, 3.63) is 89.5 Å². The number of aliphatic hydroxyl groups excluding tert-OH is 1. The average molecular weight is 529 g/mol. The van der Waals surface area contributed by atoms with Gasteiger partial charge >= 0.3 is 0 Å². The number of carbonyl (C=O) groups is 3. The zero-order chi connectivity index (χ0) is 27.9. The number of nitrogens with zero attached hydrogens (tertiary/aromatic N) is 1. The topological polar surface area (TPSA) is 105 Å². The summed E-state index contributed by atoms with van der Waals surface area (Å²) in [6.07, 6.45) is 3.12. The first-order valence-electron chi connectivity index (χ1n) is 12.9. The zero-order valence-electron chi connectivity index (χ0n) is 22.3. The van der Waals surface area contributed by atoms with Crippen LogP contribution in [0, 0.1) is 0 Å². The molecule has 0 saturated carbocycles. The van der Waals surface area contributed by atoms with E-state index in [4.69, 9.17) is 9.47 Å². The molecule has 202 valence electrons. The number of hydrogen-bond donors (Lipinski definition) is 2. The Balaban J connectivity index is 1.80. The van der Waals surface area contributed by atoms with Crippen molar-refractivity contribution in [2.24, 2.45) is 0 Å². The zero-order valence-corrected chi connectivity index (χ0v) is 22.3. The Kier molecular flexibility index (Phi) is 8.66. The smallest absolute Gasteiger partial charge is 0.300 e. The van der Waals surface area contributed by atoms with E-state index in [1.807, 2.05) is 0 Å². The average Bonchev–Trinajstić information content (AvgIpc) is 3.20. The molecule has 0 radical (unpaired) electrons. The van der Waals surface area contributed by atoms with Gasteiger partial charge in [0.1, 0.15) is 17.3 Å². The molecule has 0 bridgehead atoms. The fourth-order valence-corrected chi connectivity index (χ4v) is 4.63. The standard InChI is InChI=1S/C31H32N2O6/c1-4-5-8-18-39-24-16-14-21(15-17-24)29(35)27-28(25-12-6-7-13-26(25)38-3)33(31(37)30(27)36)23-11-9-10-22(19-23)32-20(2)34/h6-7,9-17,19,28,35H,4-5,8,18H2,1-3H3,(H,32,34)/b29-27+. The van der Waals surface area contributed by atoms with E-state index in [9.17, 15) is 19.5 Å². The van der Waals surface area contributed by atoms with E-state index in [1.165, 1.54) is 18.9 Å². The van der Waals surface area contributed by atoms with Crippen LogP contribution in [0.4, 0.5) is 11.4 Å². The second-order valence-corrected chi connectivity index (χ2v) is 9.22. The molecule has 2 amide bonds. The molecule has 1 aliphatic rings. The number of aliphatic hydroxyl groups is 1. The number of unbranched alkanes of at least 4 members (excludes halogenated alkanes) is 2. The number of benzene rings is 3. The van der Waals surface area contributed by atoms with Crippen molar-refractivity contribution >= 4 is 34.7 Å². The summed E-state index contributed by atoms with van der Waals surface area (Å²) in [6.45, 7) is 4.10. The van der Waals surface area contributed by atoms with Crippen LogP contribution >= 0.6 is 0 Å². The van der Waals surface area contributed by atoms with Gasteiger partial charge < -0.3 is 19.9 Å². The summed E-state index contributed by atoms with van der Waals surface area (Å²) in [5.74, 6) is -1.10. The van der Waals surface area contributed by atoms with Gasteiger partial charge in [-0.05, 0) is 55.0 Å². The molecule has 2 N–H and O–H groups in total. The van der Waals surface area contributed by atoms with Gasteiger partial charge in [0, 0.05) is 29.4 Å². The molecule has 39 heavy (non-hydrogen) atoms. The minimum absolute atomic E-state index is 0.0638. The Morgan fingerprint density at radius 1 is 1.00 bits per heavy atom. The molecule has 1 heterocycles. The quantitative estimate of drug-likeness (QED) is 0.148. The predicted octanol–water partition coefficient (Wildman–Crippen LogP) is 5.85. The third-order valence-electron chi connectivity index (χ3n) is 6.47. The minimum atomic E-state index is -0.973. The van der Waals surface area contributed by atoms with E-state index in [0.29, 0.717) is 40.6 Å². The number of amides is 2. The number of methoxy groups -OCH3 is 1. The van der Waals surface area contributed by atoms with Crippen LogP contribution < -0.4 is 19.7 Å². The highest BCUT2D eigenvalue weighted by Gasteiger charge is 2.48. The molecule has 4 rings (SSSR count). The Hall–Kier alpha value is -4.59. The van der Waals surface area contributed by atoms with Crippen LogP contribution in [-0.4, -0.2) is 36.4 Å². The Morgan fingerprint density at radius 3 is 2.44 bits per heavy atom. The molecular formula is C31H32N2O6. The highest BCUT2D eigenvalue weighted by molar-refractivity contribution is 6.51. The van der Waals surface area contributed by atoms with E-state index >= 15 is 0 Å². The molecule has 0 aliphatic carbocycles. The van der Waals surface area contributed by atoms with Crippen LogP contribution in [0.3, 0.4) is 0 Å². The second-order valence-electron chi connectivity index (χ2n) is 9.22. The van der Waals surface area contributed by atoms with Gasteiger partial charge in [0.15, 0.2) is 0 Å². The highest BCUT2D eigenvalue weighted by Crippen LogP contribution is 2.45. The molecular weight excluding hydrogens is 496 g/mol. The molecule has 8 heteroatoms. The Labute approximate surface area is 227 Å². The van der Waals surface area contributed by atoms with Crippen LogP contribution in [0.5, 0.6) is 11.5 Å². The number of rotatable bonds is 10. The third-order valence-corrected chi connectivity index (χ3v) is 6.47. The van der Waals surface area contributed by atoms with E-state index in [2.05, 4.69) is 12.2 Å². The summed E-state index contributed by atoms with van der Waals surface area (Å²) < 4.78 is 11.3.